The van der Waals surface area contributed by atoms with Crippen molar-refractivity contribution in [1.29, 1.82) is 0 Å². The Hall–Kier alpha value is -2.36. The summed E-state index contributed by atoms with van der Waals surface area (Å²) in [6.45, 7) is 0. The number of fused-ring (bicyclic) bond motifs is 3. The molecule has 2 bridgehead atoms. The Balaban J connectivity index is 1.90. The van der Waals surface area contributed by atoms with E-state index in [0.29, 0.717) is 24.0 Å². The van der Waals surface area contributed by atoms with Crippen LogP contribution in [-0.4, -0.2) is 17.6 Å². The minimum Gasteiger partial charge on any atom is -0.285 e. The molecule has 0 N–H and O–H groups in total. The van der Waals surface area contributed by atoms with Gasteiger partial charge in [-0.15, -0.1) is 0 Å². The molecule has 0 radical (unpaired) electrons. The Kier molecular flexibility index (Phi) is 6.04. The van der Waals surface area contributed by atoms with Crippen LogP contribution in [0.5, 0.6) is 0 Å². The van der Waals surface area contributed by atoms with E-state index in [1.54, 1.807) is 0 Å². The number of rotatable bonds is 2. The predicted octanol–water partition coefficient (Wildman–Crippen LogP) is 5.28. The van der Waals surface area contributed by atoms with Crippen molar-refractivity contribution >= 4 is 17.3 Å². The number of carbonyl (C=O) groups excluding carboxylic acids is 2. The number of Topliss-reactive ketones (excluding diaryl/α,β-unsaturated/α-hetero) is 2. The van der Waals surface area contributed by atoms with Crippen LogP contribution in [0.3, 0.4) is 0 Å². The van der Waals surface area contributed by atoms with Gasteiger partial charge in [0.1, 0.15) is 6.04 Å². The maximum Gasteiger partial charge on any atom is 0.228 e. The lowest BCUT2D eigenvalue weighted by atomic mass is 9.94. The quantitative estimate of drug-likeness (QED) is 0.545. The number of hydrogen-bond donors (Lipinski definition) is 0. The van der Waals surface area contributed by atoms with Gasteiger partial charge in [0.05, 0.1) is 5.69 Å². The molecular weight excluding hydrogens is 312 g/mol. The topological polar surface area (TPSA) is 58.9 Å². The summed E-state index contributed by atoms with van der Waals surface area (Å²) in [5.74, 6) is -0.687. The monoisotopic (exact) mass is 336 g/mol. The molecule has 1 aromatic rings. The van der Waals surface area contributed by atoms with Crippen molar-refractivity contribution in [1.82, 2.24) is 0 Å². The van der Waals surface area contributed by atoms with Crippen molar-refractivity contribution in [3.05, 3.63) is 53.6 Å². The zero-order valence-electron chi connectivity index (χ0n) is 14.5. The molecule has 0 aromatic heterocycles. The van der Waals surface area contributed by atoms with E-state index in [2.05, 4.69) is 10.2 Å². The molecular formula is C21H24N2O2. The van der Waals surface area contributed by atoms with E-state index < -0.39 is 0 Å². The molecule has 0 heterocycles. The fourth-order valence-electron chi connectivity index (χ4n) is 3.33. The van der Waals surface area contributed by atoms with Crippen molar-refractivity contribution in [2.75, 3.05) is 0 Å². The normalized spacial score (nSPS) is 20.6. The Morgan fingerprint density at radius 3 is 1.80 bits per heavy atom. The third-order valence-corrected chi connectivity index (χ3v) is 4.74. The lowest BCUT2D eigenvalue weighted by Crippen LogP contribution is -2.17. The van der Waals surface area contributed by atoms with Gasteiger partial charge in [-0.1, -0.05) is 43.9 Å². The van der Waals surface area contributed by atoms with Gasteiger partial charge < -0.3 is 0 Å². The van der Waals surface area contributed by atoms with E-state index in [-0.39, 0.29) is 17.6 Å². The molecule has 0 amide bonds. The first-order valence-electron chi connectivity index (χ1n) is 9.20. The molecule has 2 aliphatic rings. The molecule has 0 saturated heterocycles. The zero-order chi connectivity index (χ0) is 17.5. The lowest BCUT2D eigenvalue weighted by Gasteiger charge is -2.08. The number of hydrogen-bond acceptors (Lipinski definition) is 4. The summed E-state index contributed by atoms with van der Waals surface area (Å²) < 4.78 is 0. The smallest absolute Gasteiger partial charge is 0.228 e. The molecule has 130 valence electrons. The van der Waals surface area contributed by atoms with Crippen molar-refractivity contribution in [3.63, 3.8) is 0 Å². The summed E-state index contributed by atoms with van der Waals surface area (Å²) >= 11 is 0. The molecule has 0 spiro atoms. The van der Waals surface area contributed by atoms with Crippen LogP contribution >= 0.6 is 0 Å². The van der Waals surface area contributed by atoms with Gasteiger partial charge in [0.2, 0.25) is 11.6 Å². The highest BCUT2D eigenvalue weighted by molar-refractivity contribution is 6.49. The second-order valence-electron chi connectivity index (χ2n) is 6.70. The Morgan fingerprint density at radius 1 is 0.720 bits per heavy atom. The summed E-state index contributed by atoms with van der Waals surface area (Å²) in [6, 6.07) is 9.17. The van der Waals surface area contributed by atoms with Crippen molar-refractivity contribution < 1.29 is 9.59 Å². The lowest BCUT2D eigenvalue weighted by molar-refractivity contribution is -0.132. The van der Waals surface area contributed by atoms with Crippen LogP contribution in [0.15, 0.2) is 63.9 Å². The van der Waals surface area contributed by atoms with Crippen LogP contribution < -0.4 is 0 Å². The van der Waals surface area contributed by atoms with E-state index in [1.165, 1.54) is 12.8 Å². The van der Waals surface area contributed by atoms with E-state index in [0.717, 1.165) is 31.4 Å². The van der Waals surface area contributed by atoms with E-state index in [1.807, 2.05) is 42.5 Å². The molecule has 0 unspecified atom stereocenters. The standard InChI is InChI=1S/C21H24N2O2/c24-20-16-10-6-3-1-2-4-7-11-17(21(20)25)15-19(14-16)23-22-18-12-8-5-9-13-18/h5,8-9,12-15,19H,1-4,6-7,10-11H2. The zero-order valence-corrected chi connectivity index (χ0v) is 14.5. The number of carbonyl (C=O) groups is 2. The number of ketones is 2. The third kappa shape index (κ3) is 4.81. The van der Waals surface area contributed by atoms with Crippen LogP contribution in [0, 0.1) is 0 Å². The highest BCUT2D eigenvalue weighted by Crippen LogP contribution is 2.25. The Labute approximate surface area is 148 Å². The fourth-order valence-corrected chi connectivity index (χ4v) is 3.33. The summed E-state index contributed by atoms with van der Waals surface area (Å²) in [5, 5.41) is 8.66. The first-order chi connectivity index (χ1) is 12.2. The van der Waals surface area contributed by atoms with Gasteiger partial charge in [0, 0.05) is 11.1 Å². The predicted molar refractivity (Wildman–Crippen MR) is 97.9 cm³/mol. The van der Waals surface area contributed by atoms with Crippen molar-refractivity contribution in [2.45, 2.75) is 57.4 Å². The molecule has 4 heteroatoms. The average Bonchev–Trinajstić information content (AvgIpc) is 2.73. The van der Waals surface area contributed by atoms with Gasteiger partial charge in [-0.25, -0.2) is 0 Å². The minimum absolute atomic E-state index is 0.343. The molecule has 1 fully saturated rings. The van der Waals surface area contributed by atoms with Crippen molar-refractivity contribution in [2.24, 2.45) is 10.2 Å². The number of nitrogens with zero attached hydrogens (tertiary/aromatic N) is 2. The summed E-state index contributed by atoms with van der Waals surface area (Å²) in [6.07, 6.45) is 11.5. The molecule has 0 aliphatic heterocycles. The highest BCUT2D eigenvalue weighted by atomic mass is 16.2. The van der Waals surface area contributed by atoms with Gasteiger partial charge in [0.25, 0.3) is 0 Å². The second kappa shape index (κ2) is 8.65. The van der Waals surface area contributed by atoms with E-state index >= 15 is 0 Å². The van der Waals surface area contributed by atoms with Crippen LogP contribution in [0.4, 0.5) is 5.69 Å². The summed E-state index contributed by atoms with van der Waals surface area (Å²) in [4.78, 5) is 25.1. The van der Waals surface area contributed by atoms with Gasteiger partial charge in [-0.3, -0.25) is 9.59 Å². The maximum atomic E-state index is 12.5. The summed E-state index contributed by atoms with van der Waals surface area (Å²) in [5.41, 5.74) is 1.98. The minimum atomic E-state index is -0.346. The van der Waals surface area contributed by atoms with Crippen molar-refractivity contribution in [3.8, 4) is 0 Å². The van der Waals surface area contributed by atoms with Gasteiger partial charge >= 0.3 is 0 Å². The number of allylic oxidation sites excluding steroid dienone is 2. The van der Waals surface area contributed by atoms with Gasteiger partial charge in [-0.2, -0.15) is 10.2 Å². The number of azo groups is 1. The Morgan fingerprint density at radius 2 is 1.24 bits per heavy atom. The molecule has 3 rings (SSSR count). The second-order valence-corrected chi connectivity index (χ2v) is 6.70. The largest absolute Gasteiger partial charge is 0.285 e. The Bertz CT molecular complexity index is 679. The first kappa shape index (κ1) is 17.5. The third-order valence-electron chi connectivity index (χ3n) is 4.74. The molecule has 0 atom stereocenters. The number of benzene rings is 1. The van der Waals surface area contributed by atoms with Crippen LogP contribution in [-0.2, 0) is 9.59 Å². The van der Waals surface area contributed by atoms with E-state index in [9.17, 15) is 9.59 Å². The van der Waals surface area contributed by atoms with Crippen LogP contribution in [0.25, 0.3) is 0 Å². The molecule has 25 heavy (non-hydrogen) atoms. The SMILES string of the molecule is O=C1C(=O)C2=CC(N=Nc3ccccc3)C=C1CCCCCCCC2. The average molecular weight is 336 g/mol. The van der Waals surface area contributed by atoms with Gasteiger partial charge in [-0.05, 0) is 50.0 Å². The molecule has 1 aromatic carbocycles. The summed E-state index contributed by atoms with van der Waals surface area (Å²) in [7, 11) is 0. The molecule has 1 saturated carbocycles. The molecule has 4 nitrogen and oxygen atoms in total. The van der Waals surface area contributed by atoms with Gasteiger partial charge in [0.15, 0.2) is 0 Å². The highest BCUT2D eigenvalue weighted by Gasteiger charge is 2.27. The first-order valence-corrected chi connectivity index (χ1v) is 9.20. The van der Waals surface area contributed by atoms with E-state index in [4.69, 9.17) is 0 Å². The van der Waals surface area contributed by atoms with Crippen LogP contribution in [0.1, 0.15) is 51.4 Å². The maximum absolute atomic E-state index is 12.5. The molecule has 2 aliphatic carbocycles. The fraction of sp³-hybridized carbons (Fsp3) is 0.429. The van der Waals surface area contributed by atoms with Crippen LogP contribution in [0.2, 0.25) is 0 Å².